The van der Waals surface area contributed by atoms with Crippen molar-refractivity contribution in [2.45, 2.75) is 11.2 Å². The van der Waals surface area contributed by atoms with Gasteiger partial charge in [0.25, 0.3) is 0 Å². The summed E-state index contributed by atoms with van der Waals surface area (Å²) in [6, 6.07) is 6.44. The molecule has 0 amide bonds. The molecular formula is C9H7FS2. The number of benzene rings is 1. The minimum atomic E-state index is -0.207. The molecule has 0 aromatic heterocycles. The quantitative estimate of drug-likeness (QED) is 0.534. The van der Waals surface area contributed by atoms with E-state index in [1.54, 1.807) is 12.1 Å². The lowest BCUT2D eigenvalue weighted by Crippen LogP contribution is -1.82. The minimum absolute atomic E-state index is 0.200. The molecule has 12 heavy (non-hydrogen) atoms. The van der Waals surface area contributed by atoms with Crippen LogP contribution in [0.1, 0.15) is 11.5 Å². The van der Waals surface area contributed by atoms with E-state index >= 15 is 0 Å². The summed E-state index contributed by atoms with van der Waals surface area (Å²) < 4.78 is 12.5. The van der Waals surface area contributed by atoms with E-state index in [2.05, 4.69) is 12.6 Å². The van der Waals surface area contributed by atoms with Crippen LogP contribution >= 0.6 is 24.8 Å². The third kappa shape index (κ3) is 1.27. The van der Waals surface area contributed by atoms with Gasteiger partial charge in [-0.2, -0.15) is 12.6 Å². The molecule has 1 aliphatic rings. The third-order valence-corrected chi connectivity index (χ3v) is 3.29. The first-order valence-electron chi connectivity index (χ1n) is 3.67. The molecule has 0 radical (unpaired) electrons. The van der Waals surface area contributed by atoms with Crippen LogP contribution in [0.3, 0.4) is 0 Å². The molecular weight excluding hydrogens is 191 g/mol. The Morgan fingerprint density at radius 1 is 1.25 bits per heavy atom. The lowest BCUT2D eigenvalue weighted by atomic mass is 10.1. The lowest BCUT2D eigenvalue weighted by molar-refractivity contribution is 0.627. The van der Waals surface area contributed by atoms with Crippen LogP contribution in [0.4, 0.5) is 4.39 Å². The standard InChI is InChI=1S/C9H7FS2/c10-6-3-1-5(2-4-6)7-8(11)9(7)12/h1-4,7-8,11H. The number of thiocarbonyl (C=S) groups is 1. The maximum Gasteiger partial charge on any atom is 0.123 e. The Labute approximate surface area is 81.2 Å². The maximum absolute atomic E-state index is 12.5. The molecule has 1 fully saturated rings. The highest BCUT2D eigenvalue weighted by Crippen LogP contribution is 2.42. The highest BCUT2D eigenvalue weighted by Gasteiger charge is 2.42. The van der Waals surface area contributed by atoms with Gasteiger partial charge in [-0.3, -0.25) is 0 Å². The van der Waals surface area contributed by atoms with Crippen molar-refractivity contribution in [1.29, 1.82) is 0 Å². The molecule has 3 heteroatoms. The Morgan fingerprint density at radius 3 is 2.17 bits per heavy atom. The molecule has 0 saturated heterocycles. The van der Waals surface area contributed by atoms with Gasteiger partial charge in [-0.15, -0.1) is 0 Å². The zero-order valence-electron chi connectivity index (χ0n) is 6.20. The van der Waals surface area contributed by atoms with Gasteiger partial charge in [-0.05, 0) is 17.7 Å². The highest BCUT2D eigenvalue weighted by molar-refractivity contribution is 7.88. The Kier molecular flexibility index (Phi) is 1.93. The SMILES string of the molecule is Fc1ccc(C2C(=S)C2S)cc1. The first-order chi connectivity index (χ1) is 5.70. The van der Waals surface area contributed by atoms with Crippen LogP contribution in [0.2, 0.25) is 0 Å². The normalized spacial score (nSPS) is 27.3. The molecule has 1 saturated carbocycles. The smallest absolute Gasteiger partial charge is 0.123 e. The molecule has 0 nitrogen and oxygen atoms in total. The largest absolute Gasteiger partial charge is 0.207 e. The van der Waals surface area contributed by atoms with Gasteiger partial charge in [0.05, 0.1) is 0 Å². The lowest BCUT2D eigenvalue weighted by Gasteiger charge is -1.95. The average molecular weight is 198 g/mol. The second kappa shape index (κ2) is 2.82. The Balaban J connectivity index is 2.26. The summed E-state index contributed by atoms with van der Waals surface area (Å²) in [5, 5.41) is 0.200. The zero-order chi connectivity index (χ0) is 8.72. The first kappa shape index (κ1) is 8.20. The fourth-order valence-corrected chi connectivity index (χ4v) is 2.09. The predicted molar refractivity (Wildman–Crippen MR) is 54.5 cm³/mol. The zero-order valence-corrected chi connectivity index (χ0v) is 7.91. The second-order valence-corrected chi connectivity index (χ2v) is 3.90. The van der Waals surface area contributed by atoms with Gasteiger partial charge < -0.3 is 0 Å². The number of rotatable bonds is 1. The van der Waals surface area contributed by atoms with E-state index in [4.69, 9.17) is 12.2 Å². The van der Waals surface area contributed by atoms with E-state index in [1.807, 2.05) is 0 Å². The molecule has 2 unspecified atom stereocenters. The van der Waals surface area contributed by atoms with Gasteiger partial charge in [0.15, 0.2) is 0 Å². The average Bonchev–Trinajstić information content (AvgIpc) is 2.63. The number of hydrogen-bond donors (Lipinski definition) is 1. The summed E-state index contributed by atoms with van der Waals surface area (Å²) in [5.74, 6) is 0.0602. The van der Waals surface area contributed by atoms with Crippen molar-refractivity contribution in [3.63, 3.8) is 0 Å². The predicted octanol–water partition coefficient (Wildman–Crippen LogP) is 2.59. The summed E-state index contributed by atoms with van der Waals surface area (Å²) in [5.41, 5.74) is 1.07. The molecule has 1 aliphatic carbocycles. The Bertz CT molecular complexity index is 318. The van der Waals surface area contributed by atoms with E-state index in [0.29, 0.717) is 0 Å². The summed E-state index contributed by atoms with van der Waals surface area (Å²) in [6.07, 6.45) is 0. The van der Waals surface area contributed by atoms with E-state index < -0.39 is 0 Å². The molecule has 0 bridgehead atoms. The van der Waals surface area contributed by atoms with Gasteiger partial charge in [-0.1, -0.05) is 24.4 Å². The van der Waals surface area contributed by atoms with Gasteiger partial charge in [0.2, 0.25) is 0 Å². The Morgan fingerprint density at radius 2 is 1.75 bits per heavy atom. The van der Waals surface area contributed by atoms with Gasteiger partial charge in [0, 0.05) is 16.0 Å². The molecule has 2 rings (SSSR count). The van der Waals surface area contributed by atoms with Gasteiger partial charge in [0.1, 0.15) is 5.82 Å². The van der Waals surface area contributed by atoms with Crippen molar-refractivity contribution >= 4 is 29.7 Å². The molecule has 62 valence electrons. The summed E-state index contributed by atoms with van der Waals surface area (Å²) in [7, 11) is 0. The fourth-order valence-electron chi connectivity index (χ4n) is 1.24. The summed E-state index contributed by atoms with van der Waals surface area (Å²) in [4.78, 5) is 0.963. The first-order valence-corrected chi connectivity index (χ1v) is 4.60. The van der Waals surface area contributed by atoms with Gasteiger partial charge in [-0.25, -0.2) is 4.39 Å². The number of halogens is 1. The van der Waals surface area contributed by atoms with Crippen LogP contribution < -0.4 is 0 Å². The van der Waals surface area contributed by atoms with Crippen molar-refractivity contribution in [1.82, 2.24) is 0 Å². The minimum Gasteiger partial charge on any atom is -0.207 e. The number of thiol groups is 1. The third-order valence-electron chi connectivity index (χ3n) is 2.03. The van der Waals surface area contributed by atoms with Crippen LogP contribution in [0.25, 0.3) is 0 Å². The van der Waals surface area contributed by atoms with Crippen LogP contribution in [0.15, 0.2) is 24.3 Å². The van der Waals surface area contributed by atoms with Crippen LogP contribution in [-0.4, -0.2) is 10.1 Å². The van der Waals surface area contributed by atoms with Gasteiger partial charge >= 0.3 is 0 Å². The summed E-state index contributed by atoms with van der Waals surface area (Å²) in [6.45, 7) is 0. The second-order valence-electron chi connectivity index (χ2n) is 2.88. The topological polar surface area (TPSA) is 0 Å². The van der Waals surface area contributed by atoms with Crippen molar-refractivity contribution in [3.05, 3.63) is 35.6 Å². The van der Waals surface area contributed by atoms with Crippen molar-refractivity contribution < 1.29 is 4.39 Å². The van der Waals surface area contributed by atoms with Crippen molar-refractivity contribution in [2.75, 3.05) is 0 Å². The van der Waals surface area contributed by atoms with Crippen molar-refractivity contribution in [2.24, 2.45) is 0 Å². The maximum atomic E-state index is 12.5. The fraction of sp³-hybridized carbons (Fsp3) is 0.222. The van der Waals surface area contributed by atoms with E-state index in [9.17, 15) is 4.39 Å². The van der Waals surface area contributed by atoms with Crippen molar-refractivity contribution in [3.8, 4) is 0 Å². The molecule has 0 spiro atoms. The van der Waals surface area contributed by atoms with E-state index in [0.717, 1.165) is 10.4 Å². The molecule has 1 aromatic carbocycles. The monoisotopic (exact) mass is 198 g/mol. The number of hydrogen-bond acceptors (Lipinski definition) is 2. The van der Waals surface area contributed by atoms with E-state index in [-0.39, 0.29) is 17.0 Å². The highest BCUT2D eigenvalue weighted by atomic mass is 32.1. The van der Waals surface area contributed by atoms with Crippen LogP contribution in [0.5, 0.6) is 0 Å². The molecule has 0 heterocycles. The molecule has 1 aromatic rings. The molecule has 0 N–H and O–H groups in total. The molecule has 2 atom stereocenters. The van der Waals surface area contributed by atoms with E-state index in [1.165, 1.54) is 12.1 Å². The summed E-state index contributed by atoms with van der Waals surface area (Å²) >= 11 is 9.31. The van der Waals surface area contributed by atoms with Crippen LogP contribution in [-0.2, 0) is 0 Å². The van der Waals surface area contributed by atoms with Crippen LogP contribution in [0, 0.1) is 5.82 Å². The molecule has 0 aliphatic heterocycles. The Hall–Kier alpha value is -0.410.